The maximum atomic E-state index is 11.6. The van der Waals surface area contributed by atoms with Gasteiger partial charge in [-0.05, 0) is 23.6 Å². The average Bonchev–Trinajstić information content (AvgIpc) is 2.27. The van der Waals surface area contributed by atoms with Crippen LogP contribution in [0.1, 0.15) is 25.3 Å². The van der Waals surface area contributed by atoms with Crippen molar-refractivity contribution in [3.05, 3.63) is 23.8 Å². The number of rotatable bonds is 2. The Kier molecular flexibility index (Phi) is 3.21. The van der Waals surface area contributed by atoms with E-state index in [1.807, 2.05) is 6.07 Å². The number of amides is 1. The van der Waals surface area contributed by atoms with E-state index in [1.165, 1.54) is 5.56 Å². The van der Waals surface area contributed by atoms with Crippen LogP contribution in [0.5, 0.6) is 0 Å². The van der Waals surface area contributed by atoms with Crippen molar-refractivity contribution in [1.29, 1.82) is 0 Å². The lowest BCUT2D eigenvalue weighted by Crippen LogP contribution is -2.34. The number of thioether (sulfide) groups is 1. The van der Waals surface area contributed by atoms with Crippen molar-refractivity contribution in [2.24, 2.45) is 5.73 Å². The number of anilines is 1. The molecule has 4 heteroatoms. The van der Waals surface area contributed by atoms with Crippen molar-refractivity contribution in [3.63, 3.8) is 0 Å². The molecule has 0 radical (unpaired) electrons. The normalized spacial score (nSPS) is 19.5. The quantitative estimate of drug-likeness (QED) is 0.827. The van der Waals surface area contributed by atoms with Gasteiger partial charge in [-0.1, -0.05) is 19.9 Å². The molecule has 0 saturated carbocycles. The Balaban J connectivity index is 2.33. The molecule has 3 N–H and O–H groups in total. The topological polar surface area (TPSA) is 55.1 Å². The first-order valence-corrected chi connectivity index (χ1v) is 6.31. The van der Waals surface area contributed by atoms with Crippen molar-refractivity contribution in [3.8, 4) is 0 Å². The summed E-state index contributed by atoms with van der Waals surface area (Å²) in [6.45, 7) is 4.70. The molecule has 86 valence electrons. The molecule has 0 bridgehead atoms. The summed E-state index contributed by atoms with van der Waals surface area (Å²) in [6.07, 6.45) is 0. The summed E-state index contributed by atoms with van der Waals surface area (Å²) < 4.78 is 0. The van der Waals surface area contributed by atoms with Gasteiger partial charge in [-0.3, -0.25) is 4.79 Å². The summed E-state index contributed by atoms with van der Waals surface area (Å²) in [7, 11) is 0. The van der Waals surface area contributed by atoms with Gasteiger partial charge in [-0.2, -0.15) is 0 Å². The van der Waals surface area contributed by atoms with Crippen molar-refractivity contribution in [2.75, 3.05) is 11.9 Å². The second kappa shape index (κ2) is 4.47. The van der Waals surface area contributed by atoms with Gasteiger partial charge in [-0.25, -0.2) is 0 Å². The lowest BCUT2D eigenvalue weighted by atomic mass is 10.0. The first kappa shape index (κ1) is 11.5. The Bertz CT molecular complexity index is 417. The van der Waals surface area contributed by atoms with E-state index in [0.717, 1.165) is 10.6 Å². The van der Waals surface area contributed by atoms with Gasteiger partial charge in [0.05, 0.1) is 5.69 Å². The predicted octanol–water partition coefficient (Wildman–Crippen LogP) is 2.18. The van der Waals surface area contributed by atoms with E-state index in [9.17, 15) is 4.79 Å². The van der Waals surface area contributed by atoms with Crippen LogP contribution in [0.3, 0.4) is 0 Å². The van der Waals surface area contributed by atoms with Gasteiger partial charge in [0.2, 0.25) is 5.91 Å². The molecule has 0 spiro atoms. The zero-order valence-corrected chi connectivity index (χ0v) is 10.3. The maximum Gasteiger partial charge on any atom is 0.239 e. The molecular weight excluding hydrogens is 220 g/mol. The fourth-order valence-electron chi connectivity index (χ4n) is 1.67. The third-order valence-electron chi connectivity index (χ3n) is 2.71. The Hall–Kier alpha value is -1.00. The summed E-state index contributed by atoms with van der Waals surface area (Å²) in [4.78, 5) is 12.7. The van der Waals surface area contributed by atoms with E-state index in [1.54, 1.807) is 11.8 Å². The third kappa shape index (κ3) is 2.08. The molecule has 0 aliphatic carbocycles. The van der Waals surface area contributed by atoms with Crippen LogP contribution in [0.4, 0.5) is 5.69 Å². The summed E-state index contributed by atoms with van der Waals surface area (Å²) in [5.41, 5.74) is 7.76. The largest absolute Gasteiger partial charge is 0.329 e. The second-order valence-electron chi connectivity index (χ2n) is 4.24. The number of nitrogens with two attached hydrogens (primary N) is 1. The molecule has 0 fully saturated rings. The van der Waals surface area contributed by atoms with Gasteiger partial charge in [-0.15, -0.1) is 11.8 Å². The minimum atomic E-state index is -0.157. The molecule has 1 atom stereocenters. The molecule has 1 aliphatic rings. The Labute approximate surface area is 99.8 Å². The standard InChI is InChI=1S/C12H16N2OS/c1-7(2)8-3-4-9-10(5-8)16-11(6-13)12(15)14-9/h3-5,7,11H,6,13H2,1-2H3,(H,14,15). The first-order valence-electron chi connectivity index (χ1n) is 5.43. The molecule has 2 rings (SSSR count). The van der Waals surface area contributed by atoms with Crippen molar-refractivity contribution in [1.82, 2.24) is 0 Å². The molecular formula is C12H16N2OS. The number of fused-ring (bicyclic) bond motifs is 1. The van der Waals surface area contributed by atoms with Gasteiger partial charge in [0, 0.05) is 11.4 Å². The molecule has 0 aromatic heterocycles. The number of benzene rings is 1. The number of carbonyl (C=O) groups excluding carboxylic acids is 1. The smallest absolute Gasteiger partial charge is 0.239 e. The highest BCUT2D eigenvalue weighted by Crippen LogP contribution is 2.37. The van der Waals surface area contributed by atoms with E-state index >= 15 is 0 Å². The van der Waals surface area contributed by atoms with Crippen LogP contribution in [0, 0.1) is 0 Å². The minimum Gasteiger partial charge on any atom is -0.329 e. The van der Waals surface area contributed by atoms with E-state index in [-0.39, 0.29) is 11.2 Å². The van der Waals surface area contributed by atoms with Crippen LogP contribution in [-0.4, -0.2) is 17.7 Å². The van der Waals surface area contributed by atoms with Crippen molar-refractivity contribution in [2.45, 2.75) is 29.9 Å². The van der Waals surface area contributed by atoms with Crippen LogP contribution in [-0.2, 0) is 4.79 Å². The number of hydrogen-bond donors (Lipinski definition) is 2. The molecule has 1 unspecified atom stereocenters. The Morgan fingerprint density at radius 1 is 1.50 bits per heavy atom. The molecule has 0 saturated heterocycles. The number of carbonyl (C=O) groups is 1. The van der Waals surface area contributed by atoms with Gasteiger partial charge >= 0.3 is 0 Å². The monoisotopic (exact) mass is 236 g/mol. The van der Waals surface area contributed by atoms with E-state index in [4.69, 9.17) is 5.73 Å². The number of nitrogens with one attached hydrogen (secondary N) is 1. The Morgan fingerprint density at radius 2 is 2.25 bits per heavy atom. The van der Waals surface area contributed by atoms with E-state index in [2.05, 4.69) is 31.3 Å². The van der Waals surface area contributed by atoms with E-state index in [0.29, 0.717) is 12.5 Å². The fraction of sp³-hybridized carbons (Fsp3) is 0.417. The van der Waals surface area contributed by atoms with Gasteiger partial charge < -0.3 is 11.1 Å². The highest BCUT2D eigenvalue weighted by molar-refractivity contribution is 8.01. The SMILES string of the molecule is CC(C)c1ccc2c(c1)SC(CN)C(=O)N2. The van der Waals surface area contributed by atoms with Crippen molar-refractivity contribution < 1.29 is 4.79 Å². The first-order chi connectivity index (χ1) is 7.61. The maximum absolute atomic E-state index is 11.6. The number of hydrogen-bond acceptors (Lipinski definition) is 3. The molecule has 3 nitrogen and oxygen atoms in total. The van der Waals surface area contributed by atoms with Crippen LogP contribution in [0.2, 0.25) is 0 Å². The summed E-state index contributed by atoms with van der Waals surface area (Å²) in [5.74, 6) is 0.511. The van der Waals surface area contributed by atoms with Gasteiger partial charge in [0.1, 0.15) is 5.25 Å². The van der Waals surface area contributed by atoms with Crippen LogP contribution < -0.4 is 11.1 Å². The van der Waals surface area contributed by atoms with Crippen LogP contribution in [0.25, 0.3) is 0 Å². The molecule has 16 heavy (non-hydrogen) atoms. The molecule has 1 aromatic rings. The average molecular weight is 236 g/mol. The predicted molar refractivity (Wildman–Crippen MR) is 67.9 cm³/mol. The van der Waals surface area contributed by atoms with Gasteiger partial charge in [0.15, 0.2) is 0 Å². The molecule has 1 heterocycles. The second-order valence-corrected chi connectivity index (χ2v) is 5.49. The van der Waals surface area contributed by atoms with Crippen molar-refractivity contribution >= 4 is 23.4 Å². The van der Waals surface area contributed by atoms with E-state index < -0.39 is 0 Å². The highest BCUT2D eigenvalue weighted by atomic mass is 32.2. The summed E-state index contributed by atoms with van der Waals surface area (Å²) in [5, 5.41) is 2.73. The zero-order valence-electron chi connectivity index (χ0n) is 9.49. The highest BCUT2D eigenvalue weighted by Gasteiger charge is 2.25. The molecule has 1 aliphatic heterocycles. The third-order valence-corrected chi connectivity index (χ3v) is 3.99. The zero-order chi connectivity index (χ0) is 11.7. The lowest BCUT2D eigenvalue weighted by Gasteiger charge is -2.24. The molecule has 1 amide bonds. The van der Waals surface area contributed by atoms with Gasteiger partial charge in [0.25, 0.3) is 0 Å². The van der Waals surface area contributed by atoms with Crippen LogP contribution >= 0.6 is 11.8 Å². The Morgan fingerprint density at radius 3 is 2.88 bits per heavy atom. The lowest BCUT2D eigenvalue weighted by molar-refractivity contribution is -0.115. The van der Waals surface area contributed by atoms with Crippen LogP contribution in [0.15, 0.2) is 23.1 Å². The molecule has 1 aromatic carbocycles. The fourth-order valence-corrected chi connectivity index (χ4v) is 2.69. The summed E-state index contributed by atoms with van der Waals surface area (Å²) in [6, 6.07) is 6.18. The summed E-state index contributed by atoms with van der Waals surface area (Å²) >= 11 is 1.56. The minimum absolute atomic E-state index is 0.0114.